The van der Waals surface area contributed by atoms with Gasteiger partial charge < -0.3 is 29.5 Å². The summed E-state index contributed by atoms with van der Waals surface area (Å²) in [6.07, 6.45) is 9.27. The van der Waals surface area contributed by atoms with E-state index in [-0.39, 0.29) is 45.5 Å². The number of nitriles is 1. The standard InChI is InChI=1S/C22H22FN7O3S.C16H12FN3O.C6H10N4O2S/c1-13(2)16-9-15(23)10-17(14-6-7-25-18(8-14)24-3)21(16)28-22(31)29-34(32,33)20-12-26-19(11-27-20)30(4)5;1-10(2)15-13(17)5-4-12(16(15)21-9-18)11-6-7-20-14(8-11)19-3;1-10(2)5-3-9-6(4-8-5)13(7,11)12/h6-13H,1-2,4-5H3,(H2,28,29,31);4-8,10H,1-2H3;3-4H,1-2H3,(H2,7,11,12). The average molecular weight is 967 g/mol. The second-order valence-electron chi connectivity index (χ2n) is 15.1. The molecular weight excluding hydrogens is 923 g/mol. The molecule has 6 rings (SSSR count). The van der Waals surface area contributed by atoms with Crippen LogP contribution in [0, 0.1) is 36.3 Å². The molecule has 0 radical (unpaired) electrons. The lowest BCUT2D eigenvalue weighted by molar-refractivity contribution is 0.256. The normalized spacial score (nSPS) is 10.8. The van der Waals surface area contributed by atoms with Gasteiger partial charge in [-0.15, -0.1) is 15.2 Å². The molecule has 0 saturated carbocycles. The van der Waals surface area contributed by atoms with Crippen molar-refractivity contribution in [1.29, 1.82) is 5.26 Å². The van der Waals surface area contributed by atoms with Gasteiger partial charge in [-0.05, 0) is 77.1 Å². The number of pyridine rings is 2. The highest BCUT2D eigenvalue weighted by Gasteiger charge is 2.24. The Morgan fingerprint density at radius 2 is 1.28 bits per heavy atom. The number of sulfonamides is 2. The van der Waals surface area contributed by atoms with Gasteiger partial charge in [0.2, 0.25) is 0 Å². The van der Waals surface area contributed by atoms with E-state index < -0.39 is 42.7 Å². The Morgan fingerprint density at radius 1 is 0.750 bits per heavy atom. The Balaban J connectivity index is 0.000000250. The maximum absolute atomic E-state index is 14.4. The van der Waals surface area contributed by atoms with E-state index in [1.54, 1.807) is 76.3 Å². The molecule has 68 heavy (non-hydrogen) atoms. The van der Waals surface area contributed by atoms with Gasteiger partial charge in [0.15, 0.2) is 15.8 Å². The Morgan fingerprint density at radius 3 is 1.72 bits per heavy atom. The Bertz CT molecular complexity index is 3140. The third kappa shape index (κ3) is 13.6. The average Bonchev–Trinajstić information content (AvgIpc) is 3.29. The fraction of sp³-hybridized carbons (Fsp3) is 0.227. The molecule has 0 bridgehead atoms. The van der Waals surface area contributed by atoms with Gasteiger partial charge in [-0.25, -0.2) is 51.8 Å². The largest absolute Gasteiger partial charge is 0.387 e. The van der Waals surface area contributed by atoms with Crippen LogP contribution in [0.5, 0.6) is 5.75 Å². The maximum Gasteiger partial charge on any atom is 0.333 e. The fourth-order valence-corrected chi connectivity index (χ4v) is 7.10. The van der Waals surface area contributed by atoms with Crippen molar-refractivity contribution in [1.82, 2.24) is 34.6 Å². The number of nitrogens with zero attached hydrogens (tertiary/aromatic N) is 11. The maximum atomic E-state index is 14.4. The number of halogens is 2. The van der Waals surface area contributed by atoms with Crippen LogP contribution < -0.4 is 29.7 Å². The van der Waals surface area contributed by atoms with Gasteiger partial charge in [0, 0.05) is 44.9 Å². The molecule has 0 atom stereocenters. The molecule has 2 aromatic carbocycles. The second kappa shape index (κ2) is 22.8. The van der Waals surface area contributed by atoms with Crippen LogP contribution in [0.15, 0.2) is 95.8 Å². The molecule has 0 aliphatic heterocycles. The van der Waals surface area contributed by atoms with E-state index >= 15 is 0 Å². The van der Waals surface area contributed by atoms with Crippen LogP contribution in [0.4, 0.5) is 42.5 Å². The summed E-state index contributed by atoms with van der Waals surface area (Å²) in [6, 6.07) is 10.6. The minimum absolute atomic E-state index is 0.0885. The monoisotopic (exact) mass is 966 g/mol. The number of carbonyl (C=O) groups excluding carboxylic acids is 1. The van der Waals surface area contributed by atoms with Crippen LogP contribution in [0.25, 0.3) is 31.9 Å². The SMILES string of the molecule is CN(C)c1cnc(S(N)(=O)=O)cn1.[C-]#[N+]c1cc(-c2cc(F)cc(C(C)C)c2NC(=O)NS(=O)(=O)c2cnc(N(C)C)cn2)ccn1.[C-]#[N+]c1cc(-c2ccc(F)c(C(C)C)c2OC#N)ccn1. The van der Waals surface area contributed by atoms with E-state index in [0.717, 1.165) is 12.4 Å². The molecule has 24 heteroatoms. The van der Waals surface area contributed by atoms with Gasteiger partial charge in [0.05, 0.1) is 30.5 Å². The Kier molecular flexibility index (Phi) is 17.6. The van der Waals surface area contributed by atoms with Gasteiger partial charge in [0.1, 0.15) is 35.7 Å². The number of ether oxygens (including phenoxy) is 1. The van der Waals surface area contributed by atoms with Crippen molar-refractivity contribution in [3.8, 4) is 34.3 Å². The summed E-state index contributed by atoms with van der Waals surface area (Å²) in [6.45, 7) is 21.4. The predicted molar refractivity (Wildman–Crippen MR) is 250 cm³/mol. The fourth-order valence-electron chi connectivity index (χ4n) is 5.92. The number of benzene rings is 2. The molecule has 352 valence electrons. The van der Waals surface area contributed by atoms with E-state index in [1.807, 2.05) is 18.6 Å². The van der Waals surface area contributed by atoms with E-state index in [1.165, 1.54) is 55.1 Å². The zero-order chi connectivity index (χ0) is 50.5. The number of nitrogens with two attached hydrogens (primary N) is 1. The molecule has 0 saturated heterocycles. The number of anilines is 3. The first-order chi connectivity index (χ1) is 32.0. The molecule has 0 unspecified atom stereocenters. The van der Waals surface area contributed by atoms with Crippen molar-refractivity contribution in [3.05, 3.63) is 131 Å². The quantitative estimate of drug-likeness (QED) is 0.0837. The lowest BCUT2D eigenvalue weighted by Crippen LogP contribution is -2.35. The van der Waals surface area contributed by atoms with Crippen LogP contribution in [0.2, 0.25) is 0 Å². The number of hydrogen-bond donors (Lipinski definition) is 3. The molecule has 4 N–H and O–H groups in total. The van der Waals surface area contributed by atoms with Gasteiger partial charge in [0.25, 0.3) is 37.9 Å². The van der Waals surface area contributed by atoms with E-state index in [0.29, 0.717) is 39.5 Å². The smallest absolute Gasteiger partial charge is 0.333 e. The topological polar surface area (TPSA) is 261 Å². The number of aromatic nitrogens is 6. The summed E-state index contributed by atoms with van der Waals surface area (Å²) >= 11 is 0. The van der Waals surface area contributed by atoms with Crippen molar-refractivity contribution < 1.29 is 35.1 Å². The number of rotatable bonds is 11. The van der Waals surface area contributed by atoms with E-state index in [2.05, 4.69) is 44.9 Å². The first-order valence-corrected chi connectivity index (χ1v) is 22.8. The number of carbonyl (C=O) groups is 1. The van der Waals surface area contributed by atoms with Crippen molar-refractivity contribution in [2.24, 2.45) is 5.14 Å². The molecule has 0 aliphatic rings. The number of nitrogens with one attached hydrogen (secondary N) is 2. The zero-order valence-electron chi connectivity index (χ0n) is 37.8. The summed E-state index contributed by atoms with van der Waals surface area (Å²) in [5, 5.41) is 15.5. The molecule has 0 spiro atoms. The summed E-state index contributed by atoms with van der Waals surface area (Å²) in [7, 11) is -1.06. The zero-order valence-corrected chi connectivity index (χ0v) is 39.4. The highest BCUT2D eigenvalue weighted by molar-refractivity contribution is 7.90. The predicted octanol–water partition coefficient (Wildman–Crippen LogP) is 7.54. The molecule has 0 fully saturated rings. The van der Waals surface area contributed by atoms with Crippen LogP contribution in [0.1, 0.15) is 50.7 Å². The van der Waals surface area contributed by atoms with Crippen molar-refractivity contribution in [3.63, 3.8) is 0 Å². The number of primary sulfonamides is 1. The van der Waals surface area contributed by atoms with Crippen LogP contribution in [-0.4, -0.2) is 81.0 Å². The van der Waals surface area contributed by atoms with Gasteiger partial charge in [-0.2, -0.15) is 8.42 Å². The molecule has 4 aromatic heterocycles. The molecule has 2 amide bonds. The summed E-state index contributed by atoms with van der Waals surface area (Å²) in [4.78, 5) is 45.8. The first kappa shape index (κ1) is 52.4. The van der Waals surface area contributed by atoms with Crippen LogP contribution in [-0.2, 0) is 20.0 Å². The third-order valence-corrected chi connectivity index (χ3v) is 11.2. The van der Waals surface area contributed by atoms with Crippen LogP contribution >= 0.6 is 0 Å². The van der Waals surface area contributed by atoms with Crippen molar-refractivity contribution in [2.45, 2.75) is 49.6 Å². The molecule has 20 nitrogen and oxygen atoms in total. The number of hydrogen-bond acceptors (Lipinski definition) is 15. The van der Waals surface area contributed by atoms with Gasteiger partial charge in [-0.3, -0.25) is 0 Å². The van der Waals surface area contributed by atoms with E-state index in [4.69, 9.17) is 28.3 Å². The van der Waals surface area contributed by atoms with Gasteiger partial charge in [-0.1, -0.05) is 40.8 Å². The third-order valence-electron chi connectivity index (χ3n) is 9.14. The number of urea groups is 1. The summed E-state index contributed by atoms with van der Waals surface area (Å²) < 4.78 is 82.2. The molecule has 6 aromatic rings. The van der Waals surface area contributed by atoms with Crippen molar-refractivity contribution in [2.75, 3.05) is 43.3 Å². The minimum Gasteiger partial charge on any atom is -0.387 e. The first-order valence-electron chi connectivity index (χ1n) is 19.8. The van der Waals surface area contributed by atoms with Crippen LogP contribution in [0.3, 0.4) is 0 Å². The molecule has 4 heterocycles. The molecular formula is C44H44F2N14O6S2. The van der Waals surface area contributed by atoms with E-state index in [9.17, 15) is 30.4 Å². The van der Waals surface area contributed by atoms with Crippen molar-refractivity contribution >= 4 is 55.0 Å². The number of amides is 2. The summed E-state index contributed by atoms with van der Waals surface area (Å²) in [5.74, 6) is 0.201. The Labute approximate surface area is 392 Å². The highest BCUT2D eigenvalue weighted by Crippen LogP contribution is 2.40. The minimum atomic E-state index is -4.33. The highest BCUT2D eigenvalue weighted by atomic mass is 32.2. The lowest BCUT2D eigenvalue weighted by Gasteiger charge is -2.19. The Hall–Kier alpha value is -8.24. The second-order valence-corrected chi connectivity index (χ2v) is 18.2. The van der Waals surface area contributed by atoms with Gasteiger partial charge >= 0.3 is 6.03 Å². The molecule has 0 aliphatic carbocycles. The summed E-state index contributed by atoms with van der Waals surface area (Å²) in [5.41, 5.74) is 2.93. The lowest BCUT2D eigenvalue weighted by atomic mass is 9.94.